The largest absolute Gasteiger partial charge is 0.416 e. The first kappa shape index (κ1) is 25.9. The number of alkyl halides is 6. The Kier molecular flexibility index (Phi) is 5.85. The Bertz CT molecular complexity index is 1020. The van der Waals surface area contributed by atoms with E-state index in [0.717, 1.165) is 44.2 Å². The summed E-state index contributed by atoms with van der Waals surface area (Å²) in [5, 5.41) is 0. The molecule has 1 aromatic carbocycles. The van der Waals surface area contributed by atoms with E-state index >= 15 is 0 Å². The van der Waals surface area contributed by atoms with Gasteiger partial charge in [0.05, 0.1) is 11.1 Å². The van der Waals surface area contributed by atoms with Gasteiger partial charge in [-0.25, -0.2) is 0 Å². The molecule has 200 valence electrons. The lowest BCUT2D eigenvalue weighted by molar-refractivity contribution is -0.165. The normalized spacial score (nSPS) is 41.1. The summed E-state index contributed by atoms with van der Waals surface area (Å²) in [5.41, 5.74) is -2.61. The average molecular weight is 516 g/mol. The van der Waals surface area contributed by atoms with Gasteiger partial charge in [-0.1, -0.05) is 20.8 Å². The minimum absolute atomic E-state index is 0.00108. The second-order valence-electron chi connectivity index (χ2n) is 12.5. The molecule has 4 fully saturated rings. The third-order valence-corrected chi connectivity index (χ3v) is 10.9. The number of carbonyl (C=O) groups excluding carboxylic acids is 1. The number of fused-ring (bicyclic) bond motifs is 5. The predicted octanol–water partition coefficient (Wildman–Crippen LogP) is 7.92. The molecule has 1 amide bonds. The lowest BCUT2D eigenvalue weighted by Gasteiger charge is -2.63. The number of carbonyl (C=O) groups is 1. The van der Waals surface area contributed by atoms with Crippen LogP contribution in [0.5, 0.6) is 0 Å². The van der Waals surface area contributed by atoms with Crippen LogP contribution in [0.1, 0.15) is 88.3 Å². The summed E-state index contributed by atoms with van der Waals surface area (Å²) in [6.07, 6.45) is -4.27. The van der Waals surface area contributed by atoms with Crippen LogP contribution in [-0.2, 0) is 17.1 Å². The van der Waals surface area contributed by atoms with Crippen LogP contribution in [0, 0.1) is 34.5 Å². The molecule has 0 aromatic heterocycles. The molecule has 2 nitrogen and oxygen atoms in total. The van der Waals surface area contributed by atoms with Crippen molar-refractivity contribution in [2.24, 2.45) is 34.5 Å². The second-order valence-corrected chi connectivity index (χ2v) is 12.5. The maximum absolute atomic E-state index is 13.6. The van der Waals surface area contributed by atoms with Crippen molar-refractivity contribution in [3.05, 3.63) is 34.9 Å². The SMILES string of the molecule is C[C@H]1C[C@H]2N(C)C(=O)CC[C@]2(C)[C@H]2CC[C@]3(C)[C@@H](c4cc(C(F)(F)F)cc(C(F)(F)F)c4)CC[C@H]3[C@H]12. The maximum atomic E-state index is 13.6. The lowest BCUT2D eigenvalue weighted by Crippen LogP contribution is -2.63. The van der Waals surface area contributed by atoms with Crippen LogP contribution in [0.4, 0.5) is 26.3 Å². The monoisotopic (exact) mass is 515 g/mol. The number of rotatable bonds is 1. The van der Waals surface area contributed by atoms with E-state index in [4.69, 9.17) is 0 Å². The number of halogens is 6. The molecule has 3 saturated carbocycles. The van der Waals surface area contributed by atoms with E-state index in [1.807, 2.05) is 11.9 Å². The van der Waals surface area contributed by atoms with E-state index in [0.29, 0.717) is 30.6 Å². The fourth-order valence-corrected chi connectivity index (χ4v) is 9.19. The summed E-state index contributed by atoms with van der Waals surface area (Å²) in [5.74, 6) is 1.23. The Labute approximate surface area is 208 Å². The third-order valence-electron chi connectivity index (χ3n) is 10.9. The van der Waals surface area contributed by atoms with Gasteiger partial charge >= 0.3 is 12.4 Å². The molecule has 1 aromatic rings. The van der Waals surface area contributed by atoms with Crippen molar-refractivity contribution in [1.82, 2.24) is 4.90 Å². The summed E-state index contributed by atoms with van der Waals surface area (Å²) >= 11 is 0. The van der Waals surface area contributed by atoms with Gasteiger partial charge in [0.15, 0.2) is 0 Å². The number of amides is 1. The highest BCUT2D eigenvalue weighted by molar-refractivity contribution is 5.77. The molecule has 4 aliphatic rings. The zero-order valence-electron chi connectivity index (χ0n) is 21.3. The fraction of sp³-hybridized carbons (Fsp3) is 0.750. The molecule has 5 rings (SSSR count). The van der Waals surface area contributed by atoms with Gasteiger partial charge in [-0.05, 0) is 103 Å². The number of hydrogen-bond acceptors (Lipinski definition) is 1. The number of benzene rings is 1. The summed E-state index contributed by atoms with van der Waals surface area (Å²) in [6, 6.07) is 2.35. The maximum Gasteiger partial charge on any atom is 0.416 e. The minimum Gasteiger partial charge on any atom is -0.342 e. The van der Waals surface area contributed by atoms with Crippen molar-refractivity contribution in [3.63, 3.8) is 0 Å². The second kappa shape index (κ2) is 8.13. The molecular formula is C28H35F6NO. The Morgan fingerprint density at radius 2 is 1.44 bits per heavy atom. The predicted molar refractivity (Wildman–Crippen MR) is 124 cm³/mol. The zero-order valence-corrected chi connectivity index (χ0v) is 21.3. The van der Waals surface area contributed by atoms with Crippen molar-refractivity contribution in [1.29, 1.82) is 0 Å². The summed E-state index contributed by atoms with van der Waals surface area (Å²) in [7, 11) is 1.90. The highest BCUT2D eigenvalue weighted by Crippen LogP contribution is 2.69. The summed E-state index contributed by atoms with van der Waals surface area (Å²) in [4.78, 5) is 14.4. The molecule has 1 heterocycles. The van der Waals surface area contributed by atoms with E-state index < -0.39 is 23.5 Å². The van der Waals surface area contributed by atoms with Gasteiger partial charge in [0, 0.05) is 19.5 Å². The van der Waals surface area contributed by atoms with Crippen molar-refractivity contribution < 1.29 is 31.1 Å². The summed E-state index contributed by atoms with van der Waals surface area (Å²) < 4.78 is 81.5. The highest BCUT2D eigenvalue weighted by Gasteiger charge is 2.63. The van der Waals surface area contributed by atoms with Crippen LogP contribution in [0.3, 0.4) is 0 Å². The van der Waals surface area contributed by atoms with E-state index in [2.05, 4.69) is 20.8 Å². The molecule has 0 unspecified atom stereocenters. The number of hydrogen-bond donors (Lipinski definition) is 0. The van der Waals surface area contributed by atoms with Crippen molar-refractivity contribution in [3.8, 4) is 0 Å². The molecule has 8 atom stereocenters. The molecule has 8 heteroatoms. The van der Waals surface area contributed by atoms with Crippen LogP contribution >= 0.6 is 0 Å². The molecule has 1 aliphatic heterocycles. The van der Waals surface area contributed by atoms with Crippen LogP contribution in [0.2, 0.25) is 0 Å². The van der Waals surface area contributed by atoms with Gasteiger partial charge < -0.3 is 4.90 Å². The number of nitrogens with zero attached hydrogens (tertiary/aromatic N) is 1. The van der Waals surface area contributed by atoms with Gasteiger partial charge in [0.25, 0.3) is 0 Å². The highest BCUT2D eigenvalue weighted by atomic mass is 19.4. The summed E-state index contributed by atoms with van der Waals surface area (Å²) in [6.45, 7) is 6.65. The van der Waals surface area contributed by atoms with Crippen molar-refractivity contribution in [2.75, 3.05) is 7.05 Å². The van der Waals surface area contributed by atoms with E-state index in [-0.39, 0.29) is 46.2 Å². The quantitative estimate of drug-likeness (QED) is 0.348. The molecule has 3 aliphatic carbocycles. The van der Waals surface area contributed by atoms with Gasteiger partial charge in [0.1, 0.15) is 0 Å². The van der Waals surface area contributed by atoms with Crippen LogP contribution in [0.25, 0.3) is 0 Å². The first-order valence-corrected chi connectivity index (χ1v) is 13.1. The molecule has 0 N–H and O–H groups in total. The first-order valence-electron chi connectivity index (χ1n) is 13.1. The Hall–Kier alpha value is -1.73. The Morgan fingerprint density at radius 3 is 2.03 bits per heavy atom. The molecule has 36 heavy (non-hydrogen) atoms. The van der Waals surface area contributed by atoms with Gasteiger partial charge in [0.2, 0.25) is 5.91 Å². The third kappa shape index (κ3) is 3.79. The topological polar surface area (TPSA) is 20.3 Å². The smallest absolute Gasteiger partial charge is 0.342 e. The van der Waals surface area contributed by atoms with Crippen molar-refractivity contribution in [2.45, 2.75) is 90.0 Å². The zero-order chi connectivity index (χ0) is 26.4. The minimum atomic E-state index is -4.83. The van der Waals surface area contributed by atoms with E-state index in [1.54, 1.807) is 0 Å². The van der Waals surface area contributed by atoms with Crippen LogP contribution < -0.4 is 0 Å². The van der Waals surface area contributed by atoms with E-state index in [9.17, 15) is 31.1 Å². The van der Waals surface area contributed by atoms with Gasteiger partial charge in [-0.15, -0.1) is 0 Å². The molecule has 0 radical (unpaired) electrons. The van der Waals surface area contributed by atoms with Gasteiger partial charge in [-0.2, -0.15) is 26.3 Å². The molecule has 1 saturated heterocycles. The number of piperidine rings is 1. The molecular weight excluding hydrogens is 480 g/mol. The number of likely N-dealkylation sites (tertiary alicyclic amines) is 1. The standard InChI is InChI=1S/C28H35F6NO/c1-15-11-22-26(3,10-8-23(36)35(22)4)21-7-9-25(2)19(5-6-20(25)24(15)21)16-12-17(27(29,30)31)14-18(13-16)28(32,33)34/h12-15,19-22,24H,5-11H2,1-4H3/t15-,19+,20-,21-,22+,24-,25+,26+/m0/s1. The Morgan fingerprint density at radius 1 is 0.861 bits per heavy atom. The molecule has 0 bridgehead atoms. The fourth-order valence-electron chi connectivity index (χ4n) is 9.19. The first-order chi connectivity index (χ1) is 16.6. The van der Waals surface area contributed by atoms with Crippen molar-refractivity contribution >= 4 is 5.91 Å². The van der Waals surface area contributed by atoms with Gasteiger partial charge in [-0.3, -0.25) is 4.79 Å². The van der Waals surface area contributed by atoms with E-state index in [1.165, 1.54) is 0 Å². The average Bonchev–Trinajstić information content (AvgIpc) is 3.14. The Balaban J connectivity index is 1.51. The van der Waals surface area contributed by atoms with Crippen LogP contribution in [-0.4, -0.2) is 23.9 Å². The van der Waals surface area contributed by atoms with Crippen LogP contribution in [0.15, 0.2) is 18.2 Å². The molecule has 0 spiro atoms. The lowest BCUT2D eigenvalue weighted by atomic mass is 9.44.